The van der Waals surface area contributed by atoms with E-state index in [0.29, 0.717) is 32.8 Å². The molecular weight excluding hydrogens is 819 g/mol. The molecule has 0 saturated carbocycles. The summed E-state index contributed by atoms with van der Waals surface area (Å²) in [6, 6.07) is 29.6. The summed E-state index contributed by atoms with van der Waals surface area (Å²) in [5, 5.41) is 15.4. The Morgan fingerprint density at radius 2 is 1.00 bits per heavy atom. The number of carbonyl (C=O) groups is 4. The van der Waals surface area contributed by atoms with Gasteiger partial charge in [-0.3, -0.25) is 19.2 Å². The number of hydrogen-bond acceptors (Lipinski definition) is 7. The molecule has 6 aromatic rings. The van der Waals surface area contributed by atoms with Crippen LogP contribution < -0.4 is 21.8 Å². The van der Waals surface area contributed by atoms with Crippen LogP contribution in [0.2, 0.25) is 10.0 Å². The number of esters is 1. The van der Waals surface area contributed by atoms with Crippen LogP contribution in [0.3, 0.4) is 0 Å². The van der Waals surface area contributed by atoms with Crippen molar-refractivity contribution in [3.05, 3.63) is 186 Å². The molecule has 0 aliphatic rings. The number of nitrogens with one attached hydrogen (secondary N) is 2. The van der Waals surface area contributed by atoms with Gasteiger partial charge in [-0.05, 0) is 83.6 Å². The summed E-state index contributed by atoms with van der Waals surface area (Å²) in [5.41, 5.74) is 5.94. The molecule has 0 saturated heterocycles. The van der Waals surface area contributed by atoms with E-state index in [9.17, 15) is 33.9 Å². The van der Waals surface area contributed by atoms with E-state index in [4.69, 9.17) is 27.9 Å². The van der Waals surface area contributed by atoms with Gasteiger partial charge in [0.2, 0.25) is 0 Å². The molecule has 61 heavy (non-hydrogen) atoms. The monoisotopic (exact) mass is 862 g/mol. The van der Waals surface area contributed by atoms with Crippen molar-refractivity contribution in [1.29, 1.82) is 0 Å². The van der Waals surface area contributed by atoms with Crippen molar-refractivity contribution in [2.75, 3.05) is 7.11 Å². The molecule has 3 N–H and O–H groups in total. The van der Waals surface area contributed by atoms with Crippen molar-refractivity contribution >= 4 is 47.0 Å². The van der Waals surface area contributed by atoms with E-state index >= 15 is 0 Å². The van der Waals surface area contributed by atoms with Crippen LogP contribution >= 0.6 is 23.2 Å². The van der Waals surface area contributed by atoms with Gasteiger partial charge in [0.15, 0.2) is 0 Å². The van der Waals surface area contributed by atoms with Gasteiger partial charge in [0, 0.05) is 50.5 Å². The Bertz CT molecular complexity index is 2650. The average Bonchev–Trinajstić information content (AvgIpc) is 3.23. The molecule has 4 aromatic carbocycles. The summed E-state index contributed by atoms with van der Waals surface area (Å²) in [5.74, 6) is -2.68. The third-order valence-corrected chi connectivity index (χ3v) is 10.6. The molecule has 2 aromatic heterocycles. The first-order valence-electron chi connectivity index (χ1n) is 19.0. The summed E-state index contributed by atoms with van der Waals surface area (Å²) < 4.78 is 7.89. The molecule has 0 fully saturated rings. The zero-order chi connectivity index (χ0) is 44.4. The van der Waals surface area contributed by atoms with Crippen LogP contribution in [-0.2, 0) is 41.3 Å². The first-order chi connectivity index (χ1) is 29.1. The Balaban J connectivity index is 0.000000231. The normalized spacial score (nSPS) is 11.7. The van der Waals surface area contributed by atoms with E-state index in [-0.39, 0.29) is 34.5 Å². The van der Waals surface area contributed by atoms with Gasteiger partial charge in [-0.2, -0.15) is 0 Å². The number of carboxylic acid groups (broad SMARTS) is 1. The number of aliphatic carboxylic acids is 1. The van der Waals surface area contributed by atoms with Gasteiger partial charge in [-0.15, -0.1) is 0 Å². The van der Waals surface area contributed by atoms with Crippen LogP contribution in [0.5, 0.6) is 0 Å². The zero-order valence-electron chi connectivity index (χ0n) is 34.1. The van der Waals surface area contributed by atoms with Gasteiger partial charge in [0.25, 0.3) is 22.9 Å². The number of rotatable bonds is 12. The van der Waals surface area contributed by atoms with Crippen molar-refractivity contribution in [3.8, 4) is 22.3 Å². The first kappa shape index (κ1) is 45.3. The minimum atomic E-state index is -1.14. The molecule has 12 nitrogen and oxygen atoms in total. The van der Waals surface area contributed by atoms with Crippen molar-refractivity contribution in [2.24, 2.45) is 14.1 Å². The molecule has 0 aliphatic carbocycles. The standard InChI is InChI=1S/C24H23ClN2O4.C23H21ClN2O4/c1-15-6-4-8-19(25)21(15)22(28)26-20(24(30)31-3)14-16-9-11-17(12-10-16)18-7-5-13-27(2)23(18)29;1-14-5-3-7-18(24)20(14)21(27)25-19(23(29)30)13-15-8-10-16(11-9-15)17-6-4-12-26(2)22(17)28/h4-13,20H,14H2,1-3H3,(H,26,28);3-12,19H,13H2,1-2H3,(H,25,27)(H,29,30). The lowest BCUT2D eigenvalue weighted by atomic mass is 10.0. The predicted molar refractivity (Wildman–Crippen MR) is 236 cm³/mol. The Hall–Kier alpha value is -6.76. The summed E-state index contributed by atoms with van der Waals surface area (Å²) in [6.45, 7) is 3.52. The maximum absolute atomic E-state index is 12.8. The first-order valence-corrected chi connectivity index (χ1v) is 19.8. The number of methoxy groups -OCH3 is 1. The number of aromatic nitrogens is 2. The lowest BCUT2D eigenvalue weighted by molar-refractivity contribution is -0.143. The Morgan fingerprint density at radius 1 is 0.607 bits per heavy atom. The second-order valence-electron chi connectivity index (χ2n) is 14.3. The second kappa shape index (κ2) is 20.5. The molecule has 0 aliphatic heterocycles. The highest BCUT2D eigenvalue weighted by Crippen LogP contribution is 2.23. The smallest absolute Gasteiger partial charge is 0.328 e. The fourth-order valence-electron chi connectivity index (χ4n) is 6.58. The SMILES string of the molecule is COC(=O)C(Cc1ccc(-c2cccn(C)c2=O)cc1)NC(=O)c1c(C)cccc1Cl.Cc1cccc(Cl)c1C(=O)NC(Cc1ccc(-c2cccn(C)c2=O)cc1)C(=O)O. The largest absolute Gasteiger partial charge is 0.480 e. The van der Waals surface area contributed by atoms with Crippen LogP contribution in [0.4, 0.5) is 0 Å². The van der Waals surface area contributed by atoms with Gasteiger partial charge in [-0.25, -0.2) is 9.59 Å². The van der Waals surface area contributed by atoms with E-state index in [1.807, 2.05) is 30.3 Å². The molecule has 0 radical (unpaired) electrons. The second-order valence-corrected chi connectivity index (χ2v) is 15.1. The van der Waals surface area contributed by atoms with Gasteiger partial charge in [0.05, 0.1) is 28.3 Å². The fraction of sp³-hybridized carbons (Fsp3) is 0.191. The van der Waals surface area contributed by atoms with E-state index in [2.05, 4.69) is 10.6 Å². The minimum Gasteiger partial charge on any atom is -0.480 e. The number of halogens is 2. The number of ether oxygens (including phenoxy) is 1. The number of pyridine rings is 2. The van der Waals surface area contributed by atoms with Gasteiger partial charge in [0.1, 0.15) is 12.1 Å². The highest BCUT2D eigenvalue weighted by molar-refractivity contribution is 6.34. The fourth-order valence-corrected chi connectivity index (χ4v) is 7.20. The maximum atomic E-state index is 12.8. The van der Waals surface area contributed by atoms with E-state index in [1.165, 1.54) is 16.2 Å². The Morgan fingerprint density at radius 3 is 1.38 bits per heavy atom. The molecule has 0 spiro atoms. The quantitative estimate of drug-likeness (QED) is 0.111. The Kier molecular flexibility index (Phi) is 15.2. The maximum Gasteiger partial charge on any atom is 0.328 e. The molecule has 2 amide bonds. The molecule has 314 valence electrons. The van der Waals surface area contributed by atoms with Crippen LogP contribution in [-0.4, -0.2) is 57.2 Å². The minimum absolute atomic E-state index is 0.0925. The zero-order valence-corrected chi connectivity index (χ0v) is 35.6. The van der Waals surface area contributed by atoms with Crippen LogP contribution in [0.1, 0.15) is 43.0 Å². The lowest BCUT2D eigenvalue weighted by Crippen LogP contribution is -2.43. The highest BCUT2D eigenvalue weighted by atomic mass is 35.5. The number of benzene rings is 4. The summed E-state index contributed by atoms with van der Waals surface area (Å²) >= 11 is 12.3. The Labute approximate surface area is 362 Å². The third kappa shape index (κ3) is 11.3. The average molecular weight is 864 g/mol. The number of nitrogens with zero attached hydrogens (tertiary/aromatic N) is 2. The molecule has 6 rings (SSSR count). The van der Waals surface area contributed by atoms with E-state index < -0.39 is 35.8 Å². The number of carboxylic acids is 1. The van der Waals surface area contributed by atoms with Crippen LogP contribution in [0.25, 0.3) is 22.3 Å². The molecular formula is C47H44Cl2N4O8. The third-order valence-electron chi connectivity index (χ3n) is 9.95. The van der Waals surface area contributed by atoms with Crippen molar-refractivity contribution < 1.29 is 29.0 Å². The van der Waals surface area contributed by atoms with Gasteiger partial charge >= 0.3 is 11.9 Å². The summed E-state index contributed by atoms with van der Waals surface area (Å²) in [6.07, 6.45) is 3.71. The van der Waals surface area contributed by atoms with Crippen LogP contribution in [0.15, 0.2) is 131 Å². The van der Waals surface area contributed by atoms with E-state index in [0.717, 1.165) is 22.3 Å². The van der Waals surface area contributed by atoms with E-state index in [1.54, 1.807) is 119 Å². The topological polar surface area (TPSA) is 166 Å². The van der Waals surface area contributed by atoms with Crippen molar-refractivity contribution in [3.63, 3.8) is 0 Å². The molecule has 14 heteroatoms. The summed E-state index contributed by atoms with van der Waals surface area (Å²) in [4.78, 5) is 74.0. The number of aryl methyl sites for hydroxylation is 4. The van der Waals surface area contributed by atoms with Crippen molar-refractivity contribution in [2.45, 2.75) is 38.8 Å². The predicted octanol–water partition coefficient (Wildman–Crippen LogP) is 6.97. The molecule has 2 atom stereocenters. The molecule has 0 bridgehead atoms. The molecule has 2 unspecified atom stereocenters. The van der Waals surface area contributed by atoms with Crippen molar-refractivity contribution in [1.82, 2.24) is 19.8 Å². The summed E-state index contributed by atoms with van der Waals surface area (Å²) in [7, 11) is 4.65. The molecule has 2 heterocycles. The van der Waals surface area contributed by atoms with Gasteiger partial charge in [-0.1, -0.05) is 96.0 Å². The van der Waals surface area contributed by atoms with Crippen LogP contribution in [0, 0.1) is 13.8 Å². The lowest BCUT2D eigenvalue weighted by Gasteiger charge is -2.18. The van der Waals surface area contributed by atoms with Gasteiger partial charge < -0.3 is 29.6 Å². The highest BCUT2D eigenvalue weighted by Gasteiger charge is 2.25. The number of carbonyl (C=O) groups excluding carboxylic acids is 3. The number of amides is 2. The number of hydrogen-bond donors (Lipinski definition) is 3.